The minimum absolute atomic E-state index is 0.00336. The highest BCUT2D eigenvalue weighted by Crippen LogP contribution is 2.35. The zero-order chi connectivity index (χ0) is 16.2. The van der Waals surface area contributed by atoms with Crippen molar-refractivity contribution in [2.75, 3.05) is 5.32 Å². The van der Waals surface area contributed by atoms with Crippen LogP contribution in [0.25, 0.3) is 20.8 Å². The second-order valence-electron chi connectivity index (χ2n) is 4.61. The van der Waals surface area contributed by atoms with Crippen LogP contribution in [0.15, 0.2) is 54.2 Å². The van der Waals surface area contributed by atoms with Crippen LogP contribution in [0.1, 0.15) is 0 Å². The molecule has 4 nitrogen and oxygen atoms in total. The molecule has 1 aromatic heterocycles. The van der Waals surface area contributed by atoms with Gasteiger partial charge in [-0.15, -0.1) is 11.3 Å². The summed E-state index contributed by atoms with van der Waals surface area (Å²) in [5, 5.41) is 21.7. The Balaban J connectivity index is 1.92. The van der Waals surface area contributed by atoms with Gasteiger partial charge in [0.15, 0.2) is 0 Å². The third-order valence-electron chi connectivity index (χ3n) is 3.12. The summed E-state index contributed by atoms with van der Waals surface area (Å²) in [5.41, 5.74) is 2.49. The number of halogens is 1. The maximum Gasteiger partial charge on any atom is 0.145 e. The molecule has 0 radical (unpaired) electrons. The molecule has 0 aliphatic carbocycles. The van der Waals surface area contributed by atoms with E-state index in [1.54, 1.807) is 29.5 Å². The smallest absolute Gasteiger partial charge is 0.145 e. The fourth-order valence-electron chi connectivity index (χ4n) is 2.01. The van der Waals surface area contributed by atoms with Gasteiger partial charge in [-0.1, -0.05) is 23.7 Å². The van der Waals surface area contributed by atoms with Gasteiger partial charge in [-0.3, -0.25) is 0 Å². The van der Waals surface area contributed by atoms with Crippen molar-refractivity contribution in [1.29, 1.82) is 10.5 Å². The summed E-state index contributed by atoms with van der Waals surface area (Å²) in [4.78, 5) is 4.59. The molecule has 0 aliphatic rings. The van der Waals surface area contributed by atoms with Gasteiger partial charge in [-0.25, -0.2) is 4.98 Å². The van der Waals surface area contributed by atoms with E-state index in [9.17, 15) is 0 Å². The fourth-order valence-corrected chi connectivity index (χ4v) is 3.34. The summed E-state index contributed by atoms with van der Waals surface area (Å²) >= 11 is 7.93. The van der Waals surface area contributed by atoms with Crippen molar-refractivity contribution in [3.8, 4) is 22.7 Å². The van der Waals surface area contributed by atoms with E-state index in [2.05, 4.69) is 10.3 Å². The van der Waals surface area contributed by atoms with Gasteiger partial charge in [0.05, 0.1) is 15.2 Å². The second kappa shape index (κ2) is 6.50. The molecule has 0 amide bonds. The lowest BCUT2D eigenvalue weighted by Gasteiger charge is -2.05. The normalized spacial score (nSPS) is 9.87. The molecule has 2 aromatic carbocycles. The first kappa shape index (κ1) is 15.1. The largest absolute Gasteiger partial charge is 0.360 e. The Hall–Kier alpha value is -2.86. The van der Waals surface area contributed by atoms with Crippen LogP contribution in [0.3, 0.4) is 0 Å². The molecule has 0 spiro atoms. The number of allylic oxidation sites excluding steroid dienone is 1. The van der Waals surface area contributed by atoms with Crippen LogP contribution in [0.5, 0.6) is 0 Å². The van der Waals surface area contributed by atoms with E-state index in [1.165, 1.54) is 6.20 Å². The molecule has 3 aromatic rings. The number of thiazole rings is 1. The highest BCUT2D eigenvalue weighted by atomic mass is 35.5. The van der Waals surface area contributed by atoms with Gasteiger partial charge in [-0.2, -0.15) is 10.5 Å². The predicted octanol–water partition coefficient (Wildman–Crippen LogP) is 4.96. The summed E-state index contributed by atoms with van der Waals surface area (Å²) in [5.74, 6) is 0. The van der Waals surface area contributed by atoms with E-state index in [-0.39, 0.29) is 5.57 Å². The third-order valence-corrected chi connectivity index (χ3v) is 4.50. The quantitative estimate of drug-likeness (QED) is 0.686. The van der Waals surface area contributed by atoms with Crippen molar-refractivity contribution in [2.24, 2.45) is 0 Å². The third kappa shape index (κ3) is 3.17. The van der Waals surface area contributed by atoms with Crippen LogP contribution in [0, 0.1) is 22.7 Å². The fraction of sp³-hybridized carbons (Fsp3) is 0. The van der Waals surface area contributed by atoms with E-state index in [1.807, 2.05) is 36.4 Å². The van der Waals surface area contributed by atoms with E-state index in [4.69, 9.17) is 22.1 Å². The number of fused-ring (bicyclic) bond motifs is 1. The Morgan fingerprint density at radius 1 is 1.17 bits per heavy atom. The lowest BCUT2D eigenvalue weighted by molar-refractivity contribution is 1.44. The molecule has 0 unspecified atom stereocenters. The number of aromatic nitrogens is 1. The first-order chi connectivity index (χ1) is 11.2. The number of benzene rings is 2. The number of nitriles is 2. The Kier molecular flexibility index (Phi) is 4.25. The lowest BCUT2D eigenvalue weighted by atomic mass is 10.2. The lowest BCUT2D eigenvalue weighted by Crippen LogP contribution is -1.90. The molecule has 23 heavy (non-hydrogen) atoms. The molecule has 0 atom stereocenters. The molecule has 0 saturated carbocycles. The maximum atomic E-state index is 8.71. The van der Waals surface area contributed by atoms with Gasteiger partial charge in [-0.05, 0) is 30.3 Å². The number of hydrogen-bond donors (Lipinski definition) is 1. The van der Waals surface area contributed by atoms with E-state index >= 15 is 0 Å². The van der Waals surface area contributed by atoms with Crippen molar-refractivity contribution in [3.05, 3.63) is 59.3 Å². The van der Waals surface area contributed by atoms with Crippen LogP contribution in [0.4, 0.5) is 5.69 Å². The Morgan fingerprint density at radius 2 is 1.96 bits per heavy atom. The molecule has 110 valence electrons. The first-order valence-corrected chi connectivity index (χ1v) is 7.83. The minimum Gasteiger partial charge on any atom is -0.360 e. The number of anilines is 1. The summed E-state index contributed by atoms with van der Waals surface area (Å²) in [6.45, 7) is 0. The van der Waals surface area contributed by atoms with Crippen molar-refractivity contribution in [2.45, 2.75) is 0 Å². The van der Waals surface area contributed by atoms with Crippen LogP contribution in [-0.4, -0.2) is 4.98 Å². The van der Waals surface area contributed by atoms with Crippen LogP contribution < -0.4 is 5.32 Å². The zero-order valence-corrected chi connectivity index (χ0v) is 13.3. The van der Waals surface area contributed by atoms with Gasteiger partial charge in [0.25, 0.3) is 0 Å². The summed E-state index contributed by atoms with van der Waals surface area (Å²) in [6.07, 6.45) is 1.35. The van der Waals surface area contributed by atoms with Crippen molar-refractivity contribution in [3.63, 3.8) is 0 Å². The summed E-state index contributed by atoms with van der Waals surface area (Å²) in [6, 6.07) is 16.9. The van der Waals surface area contributed by atoms with Crippen molar-refractivity contribution >= 4 is 38.8 Å². The number of para-hydroxylation sites is 1. The highest BCUT2D eigenvalue weighted by Gasteiger charge is 2.10. The molecule has 1 heterocycles. The molecule has 0 fully saturated rings. The molecular formula is C17H9ClN4S. The van der Waals surface area contributed by atoms with E-state index in [0.717, 1.165) is 20.8 Å². The molecule has 6 heteroatoms. The topological polar surface area (TPSA) is 72.5 Å². The van der Waals surface area contributed by atoms with Crippen LogP contribution >= 0.6 is 22.9 Å². The van der Waals surface area contributed by atoms with Gasteiger partial charge >= 0.3 is 0 Å². The number of nitrogens with one attached hydrogen (secondary N) is 1. The average molecular weight is 337 g/mol. The molecular weight excluding hydrogens is 328 g/mol. The summed E-state index contributed by atoms with van der Waals surface area (Å²) < 4.78 is 1.11. The van der Waals surface area contributed by atoms with Gasteiger partial charge in [0.2, 0.25) is 0 Å². The standard InChI is InChI=1S/C17H9ClN4S/c18-14-7-12(21-10-11(8-19)9-20)5-6-13(14)17-22-15-3-1-2-4-16(15)23-17/h1-7,10,21H. The van der Waals surface area contributed by atoms with Gasteiger partial charge in [0, 0.05) is 17.5 Å². The van der Waals surface area contributed by atoms with Crippen molar-refractivity contribution in [1.82, 2.24) is 4.98 Å². The summed E-state index contributed by atoms with van der Waals surface area (Å²) in [7, 11) is 0. The minimum atomic E-state index is -0.00336. The van der Waals surface area contributed by atoms with Crippen LogP contribution in [-0.2, 0) is 0 Å². The SMILES string of the molecule is N#CC(C#N)=CNc1ccc(-c2nc3ccccc3s2)c(Cl)c1. The Morgan fingerprint density at radius 3 is 2.65 bits per heavy atom. The van der Waals surface area contributed by atoms with E-state index in [0.29, 0.717) is 10.7 Å². The second-order valence-corrected chi connectivity index (χ2v) is 6.05. The number of nitrogens with zero attached hydrogens (tertiary/aromatic N) is 3. The molecule has 1 N–H and O–H groups in total. The first-order valence-electron chi connectivity index (χ1n) is 6.63. The predicted molar refractivity (Wildman–Crippen MR) is 93.0 cm³/mol. The van der Waals surface area contributed by atoms with Gasteiger partial charge in [0.1, 0.15) is 22.7 Å². The maximum absolute atomic E-state index is 8.71. The van der Waals surface area contributed by atoms with Crippen molar-refractivity contribution < 1.29 is 0 Å². The average Bonchev–Trinajstić information content (AvgIpc) is 2.99. The number of rotatable bonds is 3. The number of hydrogen-bond acceptors (Lipinski definition) is 5. The molecule has 0 aliphatic heterocycles. The van der Waals surface area contributed by atoms with Gasteiger partial charge < -0.3 is 5.32 Å². The Labute approximate surface area is 141 Å². The highest BCUT2D eigenvalue weighted by molar-refractivity contribution is 7.21. The molecule has 3 rings (SSSR count). The van der Waals surface area contributed by atoms with E-state index < -0.39 is 0 Å². The molecule has 0 bridgehead atoms. The Bertz CT molecular complexity index is 943. The monoisotopic (exact) mass is 336 g/mol. The molecule has 0 saturated heterocycles. The zero-order valence-electron chi connectivity index (χ0n) is 11.7. The van der Waals surface area contributed by atoms with Crippen LogP contribution in [0.2, 0.25) is 5.02 Å².